The third kappa shape index (κ3) is 1.74. The van der Waals surface area contributed by atoms with Crippen LogP contribution >= 0.6 is 0 Å². The van der Waals surface area contributed by atoms with Gasteiger partial charge in [0.05, 0.1) is 9.99 Å². The molecule has 16 heavy (non-hydrogen) atoms. The van der Waals surface area contributed by atoms with Gasteiger partial charge in [0.15, 0.2) is 9.84 Å². The van der Waals surface area contributed by atoms with Crippen LogP contribution in [0.2, 0.25) is 0 Å². The fourth-order valence-corrected chi connectivity index (χ4v) is 1.92. The van der Waals surface area contributed by atoms with Crippen LogP contribution in [0.3, 0.4) is 0 Å². The van der Waals surface area contributed by atoms with Gasteiger partial charge in [-0.15, -0.1) is 0 Å². The molecule has 0 saturated heterocycles. The fraction of sp³-hybridized carbons (Fsp3) is 0.125. The minimum Gasteiger partial charge on any atom is -0.594 e. The van der Waals surface area contributed by atoms with Crippen LogP contribution < -0.4 is 10.6 Å². The molecule has 1 aromatic heterocycles. The Bertz CT molecular complexity index is 668. The van der Waals surface area contributed by atoms with Crippen LogP contribution in [-0.2, 0) is 9.84 Å². The van der Waals surface area contributed by atoms with Crippen LogP contribution in [0.5, 0.6) is 0 Å². The number of sulfone groups is 1. The number of anilines is 1. The average Bonchev–Trinajstić information content (AvgIpc) is 2.15. The number of rotatable bonds is 1. The van der Waals surface area contributed by atoms with Crippen molar-refractivity contribution in [2.24, 2.45) is 0 Å². The van der Waals surface area contributed by atoms with Crippen molar-refractivity contribution in [3.05, 3.63) is 23.4 Å². The lowest BCUT2D eigenvalue weighted by Gasteiger charge is -2.01. The topological polar surface area (TPSA) is 113 Å². The molecule has 8 heteroatoms. The number of nitrogens with zero attached hydrogens (tertiary/aromatic N) is 3. The summed E-state index contributed by atoms with van der Waals surface area (Å²) in [7, 11) is -3.33. The van der Waals surface area contributed by atoms with Gasteiger partial charge in [-0.3, -0.25) is 0 Å². The molecule has 0 aliphatic carbocycles. The molecule has 84 valence electrons. The van der Waals surface area contributed by atoms with Gasteiger partial charge in [-0.05, 0) is 17.0 Å². The van der Waals surface area contributed by atoms with Gasteiger partial charge < -0.3 is 10.9 Å². The van der Waals surface area contributed by atoms with Crippen LogP contribution in [-0.4, -0.2) is 24.8 Å². The second-order valence-electron chi connectivity index (χ2n) is 3.27. The SMILES string of the molecule is CS(=O)(=O)c1ccc2c(c1)nc(N)n[n+]2[O-]. The number of hydrogen-bond acceptors (Lipinski definition) is 6. The average molecular weight is 240 g/mol. The first kappa shape index (κ1) is 10.6. The maximum absolute atomic E-state index is 11.3. The van der Waals surface area contributed by atoms with E-state index in [-0.39, 0.29) is 21.9 Å². The van der Waals surface area contributed by atoms with Gasteiger partial charge in [0, 0.05) is 12.3 Å². The Hall–Kier alpha value is -1.96. The zero-order chi connectivity index (χ0) is 11.9. The largest absolute Gasteiger partial charge is 0.594 e. The monoisotopic (exact) mass is 240 g/mol. The van der Waals surface area contributed by atoms with Crippen molar-refractivity contribution in [2.45, 2.75) is 4.90 Å². The van der Waals surface area contributed by atoms with Crippen molar-refractivity contribution >= 4 is 26.8 Å². The van der Waals surface area contributed by atoms with Gasteiger partial charge in [-0.2, -0.15) is 0 Å². The smallest absolute Gasteiger partial charge is 0.288 e. The highest BCUT2D eigenvalue weighted by Crippen LogP contribution is 2.14. The van der Waals surface area contributed by atoms with Crippen molar-refractivity contribution in [1.82, 2.24) is 10.1 Å². The zero-order valence-electron chi connectivity index (χ0n) is 8.28. The summed E-state index contributed by atoms with van der Waals surface area (Å²) in [5, 5.41) is 14.7. The number of nitrogen functional groups attached to an aromatic ring is 1. The van der Waals surface area contributed by atoms with Gasteiger partial charge in [0.25, 0.3) is 11.5 Å². The standard InChI is InChI=1S/C8H8N4O3S/c1-16(14,15)5-2-3-7-6(4-5)10-8(9)11-12(7)13/h2-4H,1H3,(H2,9,10,11). The van der Waals surface area contributed by atoms with Crippen molar-refractivity contribution < 1.29 is 13.3 Å². The summed E-state index contributed by atoms with van der Waals surface area (Å²) in [5.74, 6) is -0.201. The molecule has 0 saturated carbocycles. The molecule has 2 rings (SSSR count). The number of nitrogens with two attached hydrogens (primary N) is 1. The molecule has 0 bridgehead atoms. The van der Waals surface area contributed by atoms with E-state index in [4.69, 9.17) is 5.73 Å². The van der Waals surface area contributed by atoms with E-state index in [0.29, 0.717) is 4.85 Å². The summed E-state index contributed by atoms with van der Waals surface area (Å²) in [6, 6.07) is 3.96. The van der Waals surface area contributed by atoms with Gasteiger partial charge in [-0.1, -0.05) is 0 Å². The molecule has 2 N–H and O–H groups in total. The Balaban J connectivity index is 2.81. The van der Waals surface area contributed by atoms with Gasteiger partial charge >= 0.3 is 0 Å². The number of hydrogen-bond donors (Lipinski definition) is 1. The van der Waals surface area contributed by atoms with E-state index in [1.54, 1.807) is 0 Å². The molecule has 7 nitrogen and oxygen atoms in total. The van der Waals surface area contributed by atoms with Gasteiger partial charge in [0.1, 0.15) is 5.52 Å². The summed E-state index contributed by atoms with van der Waals surface area (Å²) in [6.45, 7) is 0. The highest BCUT2D eigenvalue weighted by atomic mass is 32.2. The summed E-state index contributed by atoms with van der Waals surface area (Å²) >= 11 is 0. The first-order chi connectivity index (χ1) is 7.38. The summed E-state index contributed by atoms with van der Waals surface area (Å²) in [4.78, 5) is 4.18. The van der Waals surface area contributed by atoms with Gasteiger partial charge in [-0.25, -0.2) is 13.4 Å². The Morgan fingerprint density at radius 3 is 2.75 bits per heavy atom. The van der Waals surface area contributed by atoms with Crippen molar-refractivity contribution in [1.29, 1.82) is 0 Å². The molecule has 0 aliphatic heterocycles. The lowest BCUT2D eigenvalue weighted by Crippen LogP contribution is -2.33. The fourth-order valence-electron chi connectivity index (χ4n) is 1.28. The molecule has 2 aromatic rings. The normalized spacial score (nSPS) is 11.8. The first-order valence-corrected chi connectivity index (χ1v) is 6.14. The Morgan fingerprint density at radius 2 is 2.12 bits per heavy atom. The number of aromatic nitrogens is 3. The number of benzene rings is 1. The molecule has 1 heterocycles. The molecule has 0 aliphatic rings. The molecule has 0 spiro atoms. The third-order valence-corrected chi connectivity index (χ3v) is 3.12. The molecular weight excluding hydrogens is 232 g/mol. The van der Waals surface area contributed by atoms with E-state index in [9.17, 15) is 13.6 Å². The number of fused-ring (bicyclic) bond motifs is 1. The van der Waals surface area contributed by atoms with Crippen LogP contribution in [0.15, 0.2) is 23.1 Å². The van der Waals surface area contributed by atoms with Crippen molar-refractivity contribution in [3.8, 4) is 0 Å². The molecule has 0 atom stereocenters. The second-order valence-corrected chi connectivity index (χ2v) is 5.28. The lowest BCUT2D eigenvalue weighted by atomic mass is 10.3. The Kier molecular flexibility index (Phi) is 2.16. The van der Waals surface area contributed by atoms with Crippen LogP contribution in [0.1, 0.15) is 0 Å². The molecule has 0 unspecified atom stereocenters. The van der Waals surface area contributed by atoms with Crippen LogP contribution in [0.4, 0.5) is 5.95 Å². The maximum Gasteiger partial charge on any atom is 0.288 e. The van der Waals surface area contributed by atoms with E-state index in [0.717, 1.165) is 6.26 Å². The maximum atomic E-state index is 11.3. The van der Waals surface area contributed by atoms with E-state index in [1.807, 2.05) is 0 Å². The van der Waals surface area contributed by atoms with Gasteiger partial charge in [0.2, 0.25) is 0 Å². The Morgan fingerprint density at radius 1 is 1.44 bits per heavy atom. The van der Waals surface area contributed by atoms with E-state index < -0.39 is 9.84 Å². The predicted molar refractivity (Wildman–Crippen MR) is 56.0 cm³/mol. The van der Waals surface area contributed by atoms with Crippen molar-refractivity contribution in [3.63, 3.8) is 0 Å². The highest BCUT2D eigenvalue weighted by molar-refractivity contribution is 7.90. The molecule has 0 amide bonds. The third-order valence-electron chi connectivity index (χ3n) is 2.01. The lowest BCUT2D eigenvalue weighted by molar-refractivity contribution is -0.641. The quantitative estimate of drug-likeness (QED) is 0.518. The summed E-state index contributed by atoms with van der Waals surface area (Å²) in [6.07, 6.45) is 1.07. The van der Waals surface area contributed by atoms with Crippen LogP contribution in [0.25, 0.3) is 11.0 Å². The zero-order valence-corrected chi connectivity index (χ0v) is 9.10. The molecule has 0 fully saturated rings. The molecule has 1 aromatic carbocycles. The first-order valence-electron chi connectivity index (χ1n) is 4.25. The van der Waals surface area contributed by atoms with Crippen molar-refractivity contribution in [2.75, 3.05) is 12.0 Å². The molecule has 0 radical (unpaired) electrons. The van der Waals surface area contributed by atoms with E-state index >= 15 is 0 Å². The predicted octanol–water partition coefficient (Wildman–Crippen LogP) is -0.751. The minimum absolute atomic E-state index is 0.0816. The minimum atomic E-state index is -3.33. The van der Waals surface area contributed by atoms with E-state index in [1.165, 1.54) is 18.2 Å². The summed E-state index contributed by atoms with van der Waals surface area (Å²) < 4.78 is 22.6. The van der Waals surface area contributed by atoms with Crippen LogP contribution in [0, 0.1) is 5.21 Å². The van der Waals surface area contributed by atoms with E-state index in [2.05, 4.69) is 10.1 Å². The Labute approximate surface area is 91.0 Å². The highest BCUT2D eigenvalue weighted by Gasteiger charge is 2.13. The molecular formula is C8H8N4O3S. The summed E-state index contributed by atoms with van der Waals surface area (Å²) in [5.41, 5.74) is 5.66. The second kappa shape index (κ2) is 3.27.